The number of amides is 1. The Kier molecular flexibility index (Phi) is 7.11. The Bertz CT molecular complexity index is 1110. The number of ether oxygens (including phenoxy) is 2. The van der Waals surface area contributed by atoms with Gasteiger partial charge >= 0.3 is 6.18 Å². The number of pyridine rings is 1. The molecule has 3 rings (SSSR count). The van der Waals surface area contributed by atoms with E-state index in [2.05, 4.69) is 10.3 Å². The Morgan fingerprint density at radius 2 is 1.94 bits per heavy atom. The van der Waals surface area contributed by atoms with Crippen LogP contribution in [0.15, 0.2) is 30.5 Å². The summed E-state index contributed by atoms with van der Waals surface area (Å²) in [5.74, 6) is -7.16. The van der Waals surface area contributed by atoms with Crippen LogP contribution in [0.5, 0.6) is 5.75 Å². The summed E-state index contributed by atoms with van der Waals surface area (Å²) in [6.07, 6.45) is -5.54. The van der Waals surface area contributed by atoms with Gasteiger partial charge in [0.1, 0.15) is 18.4 Å². The molecular weight excluding hydrogens is 482 g/mol. The van der Waals surface area contributed by atoms with Crippen LogP contribution < -0.4 is 10.1 Å². The minimum absolute atomic E-state index is 0.00147. The van der Waals surface area contributed by atoms with Gasteiger partial charge in [-0.25, -0.2) is 8.78 Å². The van der Waals surface area contributed by atoms with Crippen LogP contribution in [-0.4, -0.2) is 47.7 Å². The number of hydrogen-bond donors (Lipinski definition) is 2. The number of methoxy groups -OCH3 is 1. The van der Waals surface area contributed by atoms with Crippen molar-refractivity contribution in [3.05, 3.63) is 53.4 Å². The highest BCUT2D eigenvalue weighted by Gasteiger charge is 2.65. The quantitative estimate of drug-likeness (QED) is 0.559. The van der Waals surface area contributed by atoms with Gasteiger partial charge in [-0.15, -0.1) is 0 Å². The standard InChI is InChI=1S/C23H24F6N2O4/c1-11-16(13-5-6-14(25)17(26)18(13)34-4)19(35-22(11,3)23(27,28)29)20(32)31-12-7-8-30-15(9-12)21(2,33)10-24/h5-9,11,16,19,33H,10H2,1-4H3,(H,30,31,32)/t11-,16-,19+,21?,22+/m0/s1. The molecular formula is C23H24F6N2O4. The zero-order chi connectivity index (χ0) is 26.3. The zero-order valence-electron chi connectivity index (χ0n) is 19.2. The molecule has 0 bridgehead atoms. The largest absolute Gasteiger partial charge is 0.493 e. The summed E-state index contributed by atoms with van der Waals surface area (Å²) < 4.78 is 93.5. The molecule has 0 saturated carbocycles. The number of carbonyl (C=O) groups is 1. The molecule has 1 unspecified atom stereocenters. The van der Waals surface area contributed by atoms with Gasteiger partial charge in [0.2, 0.25) is 5.82 Å². The average Bonchev–Trinajstić information content (AvgIpc) is 3.07. The van der Waals surface area contributed by atoms with E-state index in [-0.39, 0.29) is 16.9 Å². The number of alkyl halides is 4. The molecule has 1 aromatic heterocycles. The molecule has 1 aromatic carbocycles. The number of carbonyl (C=O) groups excluding carboxylic acids is 1. The van der Waals surface area contributed by atoms with Crippen molar-refractivity contribution in [3.8, 4) is 5.75 Å². The third-order valence-electron chi connectivity index (χ3n) is 6.41. The van der Waals surface area contributed by atoms with Crippen molar-refractivity contribution >= 4 is 11.6 Å². The third-order valence-corrected chi connectivity index (χ3v) is 6.41. The highest BCUT2D eigenvalue weighted by atomic mass is 19.4. The fourth-order valence-corrected chi connectivity index (χ4v) is 4.12. The maximum absolute atomic E-state index is 14.4. The highest BCUT2D eigenvalue weighted by molar-refractivity contribution is 5.95. The first-order valence-corrected chi connectivity index (χ1v) is 10.5. The second kappa shape index (κ2) is 9.30. The first-order chi connectivity index (χ1) is 16.2. The van der Waals surface area contributed by atoms with Gasteiger partial charge in [-0.1, -0.05) is 13.0 Å². The van der Waals surface area contributed by atoms with Crippen molar-refractivity contribution in [1.29, 1.82) is 0 Å². The van der Waals surface area contributed by atoms with E-state index < -0.39 is 65.3 Å². The second-order valence-electron chi connectivity index (χ2n) is 8.77. The Hall–Kier alpha value is -2.86. The van der Waals surface area contributed by atoms with Gasteiger partial charge in [-0.05, 0) is 32.0 Å². The lowest BCUT2D eigenvalue weighted by Gasteiger charge is -2.32. The number of hydrogen-bond acceptors (Lipinski definition) is 5. The average molecular weight is 506 g/mol. The van der Waals surface area contributed by atoms with Crippen molar-refractivity contribution in [1.82, 2.24) is 4.98 Å². The molecule has 2 heterocycles. The number of rotatable bonds is 6. The van der Waals surface area contributed by atoms with E-state index in [9.17, 15) is 36.2 Å². The Morgan fingerprint density at radius 1 is 1.29 bits per heavy atom. The number of anilines is 1. The lowest BCUT2D eigenvalue weighted by molar-refractivity contribution is -0.272. The van der Waals surface area contributed by atoms with E-state index in [1.54, 1.807) is 0 Å². The van der Waals surface area contributed by atoms with Crippen molar-refractivity contribution in [2.75, 3.05) is 19.1 Å². The normalized spacial score (nSPS) is 26.3. The first-order valence-electron chi connectivity index (χ1n) is 10.5. The van der Waals surface area contributed by atoms with Gasteiger partial charge in [0.05, 0.1) is 12.8 Å². The number of aromatic nitrogens is 1. The van der Waals surface area contributed by atoms with Gasteiger partial charge in [-0.3, -0.25) is 9.78 Å². The van der Waals surface area contributed by atoms with E-state index in [0.29, 0.717) is 0 Å². The van der Waals surface area contributed by atoms with E-state index in [4.69, 9.17) is 9.47 Å². The summed E-state index contributed by atoms with van der Waals surface area (Å²) in [6.45, 7) is 1.94. The van der Waals surface area contributed by atoms with Gasteiger partial charge in [0, 0.05) is 29.3 Å². The van der Waals surface area contributed by atoms with Crippen LogP contribution in [0.2, 0.25) is 0 Å². The monoisotopic (exact) mass is 506 g/mol. The van der Waals surface area contributed by atoms with Crippen LogP contribution in [0.25, 0.3) is 0 Å². The predicted octanol–water partition coefficient (Wildman–Crippen LogP) is 4.62. The fraction of sp³-hybridized carbons (Fsp3) is 0.478. The zero-order valence-corrected chi connectivity index (χ0v) is 19.2. The third kappa shape index (κ3) is 4.68. The maximum Gasteiger partial charge on any atom is 0.417 e. The van der Waals surface area contributed by atoms with E-state index in [1.165, 1.54) is 19.2 Å². The van der Waals surface area contributed by atoms with Crippen LogP contribution >= 0.6 is 0 Å². The van der Waals surface area contributed by atoms with Crippen LogP contribution in [0.1, 0.15) is 37.9 Å². The topological polar surface area (TPSA) is 80.7 Å². The summed E-state index contributed by atoms with van der Waals surface area (Å²) in [7, 11) is 1.02. The summed E-state index contributed by atoms with van der Waals surface area (Å²) >= 11 is 0. The van der Waals surface area contributed by atoms with Crippen molar-refractivity contribution in [2.45, 2.75) is 50.2 Å². The fourth-order valence-electron chi connectivity index (χ4n) is 4.12. The van der Waals surface area contributed by atoms with Crippen molar-refractivity contribution < 1.29 is 45.7 Å². The Labute approximate surface area is 197 Å². The van der Waals surface area contributed by atoms with E-state index >= 15 is 0 Å². The van der Waals surface area contributed by atoms with Crippen LogP contribution in [0, 0.1) is 17.6 Å². The summed E-state index contributed by atoms with van der Waals surface area (Å²) in [5.41, 5.74) is -5.08. The Morgan fingerprint density at radius 3 is 2.51 bits per heavy atom. The Balaban J connectivity index is 2.06. The summed E-state index contributed by atoms with van der Waals surface area (Å²) in [4.78, 5) is 17.0. The number of nitrogens with zero attached hydrogens (tertiary/aromatic N) is 1. The molecule has 2 aromatic rings. The van der Waals surface area contributed by atoms with Crippen LogP contribution in [0.3, 0.4) is 0 Å². The summed E-state index contributed by atoms with van der Waals surface area (Å²) in [6, 6.07) is 4.22. The van der Waals surface area contributed by atoms with E-state index in [1.807, 2.05) is 0 Å². The SMILES string of the molecule is COc1c([C@H]2[C@H](C(=O)Nc3ccnc(C(C)(O)CF)c3)O[C@@](C)(C(F)(F)F)[C@H]2C)ccc(F)c1F. The molecule has 1 amide bonds. The van der Waals surface area contributed by atoms with Crippen LogP contribution in [-0.2, 0) is 15.1 Å². The minimum atomic E-state index is -4.91. The van der Waals surface area contributed by atoms with Gasteiger partial charge in [-0.2, -0.15) is 17.6 Å². The molecule has 0 aliphatic carbocycles. The molecule has 2 N–H and O–H groups in total. The molecule has 0 radical (unpaired) electrons. The van der Waals surface area contributed by atoms with Crippen LogP contribution in [0.4, 0.5) is 32.0 Å². The number of aliphatic hydroxyl groups is 1. The first kappa shape index (κ1) is 26.7. The molecule has 0 spiro atoms. The van der Waals surface area contributed by atoms with Gasteiger partial charge in [0.25, 0.3) is 5.91 Å². The molecule has 1 saturated heterocycles. The van der Waals surface area contributed by atoms with Gasteiger partial charge < -0.3 is 19.9 Å². The number of halogens is 6. The molecule has 1 aliphatic heterocycles. The van der Waals surface area contributed by atoms with E-state index in [0.717, 1.165) is 39.2 Å². The van der Waals surface area contributed by atoms with Gasteiger partial charge in [0.15, 0.2) is 17.2 Å². The molecule has 35 heavy (non-hydrogen) atoms. The van der Waals surface area contributed by atoms with Crippen molar-refractivity contribution in [3.63, 3.8) is 0 Å². The molecule has 6 nitrogen and oxygen atoms in total. The highest BCUT2D eigenvalue weighted by Crippen LogP contribution is 2.55. The smallest absolute Gasteiger partial charge is 0.417 e. The lowest BCUT2D eigenvalue weighted by atomic mass is 9.77. The number of benzene rings is 1. The summed E-state index contributed by atoms with van der Waals surface area (Å²) in [5, 5.41) is 12.5. The molecule has 5 atom stereocenters. The predicted molar refractivity (Wildman–Crippen MR) is 113 cm³/mol. The lowest BCUT2D eigenvalue weighted by Crippen LogP contribution is -2.47. The molecule has 1 aliphatic rings. The number of nitrogens with one attached hydrogen (secondary N) is 1. The molecule has 12 heteroatoms. The van der Waals surface area contributed by atoms with Crippen molar-refractivity contribution in [2.24, 2.45) is 5.92 Å². The minimum Gasteiger partial charge on any atom is -0.493 e. The molecule has 1 fully saturated rings. The molecule has 192 valence electrons. The second-order valence-corrected chi connectivity index (χ2v) is 8.77. The maximum atomic E-state index is 14.4.